The Morgan fingerprint density at radius 2 is 1.71 bits per heavy atom. The average molecular weight is 418 g/mol. The van der Waals surface area contributed by atoms with Crippen LogP contribution >= 0.6 is 0 Å². The molecule has 0 unspecified atom stereocenters. The van der Waals surface area contributed by atoms with Crippen molar-refractivity contribution in [2.75, 3.05) is 5.32 Å². The molecule has 2 aromatic carbocycles. The van der Waals surface area contributed by atoms with Crippen LogP contribution in [0.5, 0.6) is 0 Å². The van der Waals surface area contributed by atoms with Gasteiger partial charge < -0.3 is 5.32 Å². The number of nitrogens with zero attached hydrogens (tertiary/aromatic N) is 3. The van der Waals surface area contributed by atoms with Gasteiger partial charge in [-0.05, 0) is 48.9 Å². The van der Waals surface area contributed by atoms with Crippen molar-refractivity contribution in [2.24, 2.45) is 0 Å². The lowest BCUT2D eigenvalue weighted by Gasteiger charge is -2.14. The second kappa shape index (κ2) is 8.35. The molecule has 0 atom stereocenters. The number of carbonyl (C=O) groups excluding carboxylic acids is 1. The molecular weight excluding hydrogens is 399 g/mol. The number of aryl methyl sites for hydroxylation is 1. The quantitative estimate of drug-likeness (QED) is 0.540. The van der Waals surface area contributed by atoms with Crippen molar-refractivity contribution in [2.45, 2.75) is 20.0 Å². The molecule has 0 aliphatic heterocycles. The van der Waals surface area contributed by atoms with Crippen LogP contribution in [-0.2, 0) is 17.9 Å². The van der Waals surface area contributed by atoms with Gasteiger partial charge in [-0.1, -0.05) is 29.8 Å². The molecule has 31 heavy (non-hydrogen) atoms. The number of benzene rings is 2. The molecule has 0 spiro atoms. The lowest BCUT2D eigenvalue weighted by atomic mass is 10.2. The predicted molar refractivity (Wildman–Crippen MR) is 116 cm³/mol. The van der Waals surface area contributed by atoms with Crippen LogP contribution in [0.4, 0.5) is 10.1 Å². The molecule has 2 aromatic heterocycles. The Hall–Kier alpha value is -4.07. The van der Waals surface area contributed by atoms with E-state index in [1.54, 1.807) is 24.3 Å². The number of rotatable bonds is 5. The first-order chi connectivity index (χ1) is 14.9. The monoisotopic (exact) mass is 418 g/mol. The molecule has 0 aliphatic rings. The molecule has 7 nitrogen and oxygen atoms in total. The Morgan fingerprint density at radius 1 is 1.00 bits per heavy atom. The van der Waals surface area contributed by atoms with Gasteiger partial charge in [-0.25, -0.2) is 14.2 Å². The summed E-state index contributed by atoms with van der Waals surface area (Å²) < 4.78 is 15.4. The second-order valence-electron chi connectivity index (χ2n) is 7.17. The summed E-state index contributed by atoms with van der Waals surface area (Å²) in [5, 5.41) is 2.75. The van der Waals surface area contributed by atoms with E-state index in [4.69, 9.17) is 0 Å². The number of hydrogen-bond donors (Lipinski definition) is 1. The lowest BCUT2D eigenvalue weighted by molar-refractivity contribution is -0.116. The van der Waals surface area contributed by atoms with Crippen LogP contribution in [0.3, 0.4) is 0 Å². The van der Waals surface area contributed by atoms with Crippen LogP contribution in [-0.4, -0.2) is 20.0 Å². The summed E-state index contributed by atoms with van der Waals surface area (Å²) in [4.78, 5) is 42.8. The molecule has 4 rings (SSSR count). The van der Waals surface area contributed by atoms with E-state index in [0.29, 0.717) is 11.3 Å². The Labute approximate surface area is 176 Å². The summed E-state index contributed by atoms with van der Waals surface area (Å²) in [5.41, 5.74) is 1.37. The van der Waals surface area contributed by atoms with Gasteiger partial charge >= 0.3 is 5.69 Å². The first-order valence-corrected chi connectivity index (χ1v) is 9.62. The molecule has 0 fully saturated rings. The zero-order valence-corrected chi connectivity index (χ0v) is 16.7. The molecule has 4 aromatic rings. The first-order valence-electron chi connectivity index (χ1n) is 9.62. The molecule has 0 bridgehead atoms. The minimum Gasteiger partial charge on any atom is -0.325 e. The Balaban J connectivity index is 1.74. The molecular formula is C23H19FN4O3. The molecule has 1 N–H and O–H groups in total. The van der Waals surface area contributed by atoms with E-state index < -0.39 is 23.0 Å². The van der Waals surface area contributed by atoms with Gasteiger partial charge in [-0.3, -0.25) is 18.7 Å². The highest BCUT2D eigenvalue weighted by Gasteiger charge is 2.16. The lowest BCUT2D eigenvalue weighted by Crippen LogP contribution is -2.42. The van der Waals surface area contributed by atoms with Gasteiger partial charge in [0, 0.05) is 11.9 Å². The van der Waals surface area contributed by atoms with Crippen LogP contribution < -0.4 is 16.6 Å². The third kappa shape index (κ3) is 4.28. The smallest absolute Gasteiger partial charge is 0.325 e. The van der Waals surface area contributed by atoms with Gasteiger partial charge in [0.05, 0.1) is 12.1 Å². The molecule has 156 valence electrons. The number of hydrogen-bond acceptors (Lipinski definition) is 4. The van der Waals surface area contributed by atoms with Crippen molar-refractivity contribution < 1.29 is 9.18 Å². The van der Waals surface area contributed by atoms with Gasteiger partial charge in [0.15, 0.2) is 5.52 Å². The standard InChI is InChI=1S/C23H19FN4O3/c1-15-4-10-18(11-5-15)26-20(29)14-27-19-3-2-12-25-21(19)22(30)28(23(27)31)13-16-6-8-17(24)9-7-16/h2-12H,13-14H2,1H3,(H,26,29). The minimum atomic E-state index is -0.645. The van der Waals surface area contributed by atoms with Gasteiger partial charge in [0.25, 0.3) is 5.56 Å². The largest absolute Gasteiger partial charge is 0.332 e. The van der Waals surface area contributed by atoms with Crippen LogP contribution in [0.25, 0.3) is 11.0 Å². The molecule has 0 saturated carbocycles. The number of nitrogens with one attached hydrogen (secondary N) is 1. The number of fused-ring (bicyclic) bond motifs is 1. The fourth-order valence-corrected chi connectivity index (χ4v) is 3.29. The van der Waals surface area contributed by atoms with Crippen molar-refractivity contribution in [3.05, 3.63) is 105 Å². The number of anilines is 1. The van der Waals surface area contributed by atoms with E-state index in [1.807, 2.05) is 19.1 Å². The maximum absolute atomic E-state index is 13.2. The van der Waals surface area contributed by atoms with Gasteiger partial charge in [-0.2, -0.15) is 0 Å². The van der Waals surface area contributed by atoms with Gasteiger partial charge in [0.1, 0.15) is 12.4 Å². The van der Waals surface area contributed by atoms with Crippen LogP contribution in [0, 0.1) is 12.7 Å². The highest BCUT2D eigenvalue weighted by Crippen LogP contribution is 2.10. The molecule has 8 heteroatoms. The highest BCUT2D eigenvalue weighted by molar-refractivity contribution is 5.91. The molecule has 1 amide bonds. The number of carbonyl (C=O) groups is 1. The Kier molecular flexibility index (Phi) is 5.44. The average Bonchev–Trinajstić information content (AvgIpc) is 2.77. The van der Waals surface area contributed by atoms with Crippen molar-refractivity contribution in [1.82, 2.24) is 14.1 Å². The summed E-state index contributed by atoms with van der Waals surface area (Å²) in [6, 6.07) is 16.0. The van der Waals surface area contributed by atoms with E-state index in [0.717, 1.165) is 10.1 Å². The third-order valence-electron chi connectivity index (χ3n) is 4.88. The Morgan fingerprint density at radius 3 is 2.42 bits per heavy atom. The summed E-state index contributed by atoms with van der Waals surface area (Å²) in [6.07, 6.45) is 1.45. The Bertz CT molecular complexity index is 1370. The molecule has 0 radical (unpaired) electrons. The summed E-state index contributed by atoms with van der Waals surface area (Å²) in [5.74, 6) is -0.829. The maximum atomic E-state index is 13.2. The van der Waals surface area contributed by atoms with Crippen LogP contribution in [0.1, 0.15) is 11.1 Å². The van der Waals surface area contributed by atoms with Crippen molar-refractivity contribution >= 4 is 22.6 Å². The van der Waals surface area contributed by atoms with Gasteiger partial charge in [0.2, 0.25) is 5.91 Å². The zero-order chi connectivity index (χ0) is 22.0. The highest BCUT2D eigenvalue weighted by atomic mass is 19.1. The van der Waals surface area contributed by atoms with E-state index in [2.05, 4.69) is 10.3 Å². The molecule has 2 heterocycles. The van der Waals surface area contributed by atoms with Crippen molar-refractivity contribution in [3.63, 3.8) is 0 Å². The number of amides is 1. The SMILES string of the molecule is Cc1ccc(NC(=O)Cn2c(=O)n(Cc3ccc(F)cc3)c(=O)c3ncccc32)cc1. The maximum Gasteiger partial charge on any atom is 0.332 e. The van der Waals surface area contributed by atoms with E-state index in [9.17, 15) is 18.8 Å². The van der Waals surface area contributed by atoms with Crippen molar-refractivity contribution in [3.8, 4) is 0 Å². The predicted octanol–water partition coefficient (Wildman–Crippen LogP) is 2.69. The van der Waals surface area contributed by atoms with Crippen molar-refractivity contribution in [1.29, 1.82) is 0 Å². The molecule has 0 aliphatic carbocycles. The summed E-state index contributed by atoms with van der Waals surface area (Å²) >= 11 is 0. The fraction of sp³-hybridized carbons (Fsp3) is 0.130. The normalized spacial score (nSPS) is 10.9. The summed E-state index contributed by atoms with van der Waals surface area (Å²) in [7, 11) is 0. The number of halogens is 1. The number of pyridine rings is 1. The third-order valence-corrected chi connectivity index (χ3v) is 4.88. The summed E-state index contributed by atoms with van der Waals surface area (Å²) in [6.45, 7) is 1.58. The van der Waals surface area contributed by atoms with E-state index >= 15 is 0 Å². The minimum absolute atomic E-state index is 0.0654. The molecule has 0 saturated heterocycles. The fourth-order valence-electron chi connectivity index (χ4n) is 3.29. The topological polar surface area (TPSA) is 86.0 Å². The van der Waals surface area contributed by atoms with E-state index in [1.165, 1.54) is 35.0 Å². The first kappa shape index (κ1) is 20.2. The van der Waals surface area contributed by atoms with Gasteiger partial charge in [-0.15, -0.1) is 0 Å². The number of aromatic nitrogens is 3. The second-order valence-corrected chi connectivity index (χ2v) is 7.17. The zero-order valence-electron chi connectivity index (χ0n) is 16.7. The van der Waals surface area contributed by atoms with Crippen LogP contribution in [0.15, 0.2) is 76.4 Å². The van der Waals surface area contributed by atoms with Crippen LogP contribution in [0.2, 0.25) is 0 Å². The van der Waals surface area contributed by atoms with E-state index in [-0.39, 0.29) is 24.1 Å².